The van der Waals surface area contributed by atoms with Crippen LogP contribution in [0.5, 0.6) is 0 Å². The number of amides is 2. The number of aryl methyl sites for hydroxylation is 2. The maximum Gasteiger partial charge on any atom is 0.264 e. The zero-order valence-corrected chi connectivity index (χ0v) is 28.0. The van der Waals surface area contributed by atoms with E-state index < -0.39 is 28.5 Å². The molecule has 236 valence electrons. The molecule has 0 saturated carbocycles. The zero-order valence-electron chi connectivity index (χ0n) is 25.7. The summed E-state index contributed by atoms with van der Waals surface area (Å²) in [5.41, 5.74) is 3.62. The van der Waals surface area contributed by atoms with Crippen molar-refractivity contribution in [3.63, 3.8) is 0 Å². The highest BCUT2D eigenvalue weighted by molar-refractivity contribution is 7.92. The molecule has 1 N–H and O–H groups in total. The minimum atomic E-state index is -4.30. The van der Waals surface area contributed by atoms with Crippen molar-refractivity contribution in [1.29, 1.82) is 0 Å². The normalized spacial score (nSPS) is 12.1. The van der Waals surface area contributed by atoms with Crippen LogP contribution >= 0.6 is 23.2 Å². The van der Waals surface area contributed by atoms with E-state index in [1.165, 1.54) is 23.1 Å². The molecule has 0 radical (unpaired) electrons. The average Bonchev–Trinajstić information content (AvgIpc) is 3.00. The lowest BCUT2D eigenvalue weighted by Crippen LogP contribution is -2.54. The van der Waals surface area contributed by atoms with Gasteiger partial charge in [-0.2, -0.15) is 0 Å². The molecule has 4 aromatic carbocycles. The van der Waals surface area contributed by atoms with Crippen molar-refractivity contribution in [2.45, 2.75) is 57.6 Å². The van der Waals surface area contributed by atoms with Gasteiger partial charge in [-0.05, 0) is 63.1 Å². The fraction of sp³-hybridized carbons (Fsp3) is 0.257. The molecule has 45 heavy (non-hydrogen) atoms. The molecule has 7 nitrogen and oxygen atoms in total. The first-order valence-corrected chi connectivity index (χ1v) is 16.8. The third-order valence-electron chi connectivity index (χ3n) is 7.26. The van der Waals surface area contributed by atoms with Gasteiger partial charge in [0.1, 0.15) is 12.6 Å². The third kappa shape index (κ3) is 8.66. The van der Waals surface area contributed by atoms with Gasteiger partial charge >= 0.3 is 0 Å². The standard InChI is InChI=1S/C35H37Cl2N3O4S/c1-24(2)38-35(42)32(21-27-9-6-5-7-10-27)39(22-28-17-13-25(3)14-18-28)33(41)23-40(31-12-8-11-30(36)34(31)37)45(43,44)29-19-15-26(4)16-20-29/h5-20,24,32H,21-23H2,1-4H3,(H,38,42)/t32-/m1/s1. The van der Waals surface area contributed by atoms with Gasteiger partial charge in [-0.1, -0.05) is 107 Å². The first-order valence-electron chi connectivity index (χ1n) is 14.6. The van der Waals surface area contributed by atoms with Gasteiger partial charge in [0.2, 0.25) is 11.8 Å². The Morgan fingerprint density at radius 3 is 1.98 bits per heavy atom. The number of carbonyl (C=O) groups is 2. The molecular formula is C35H37Cl2N3O4S. The summed E-state index contributed by atoms with van der Waals surface area (Å²) in [6.07, 6.45) is 0.222. The predicted octanol–water partition coefficient (Wildman–Crippen LogP) is 6.97. The summed E-state index contributed by atoms with van der Waals surface area (Å²) in [6.45, 7) is 6.96. The number of halogens is 2. The molecule has 0 heterocycles. The van der Waals surface area contributed by atoms with Crippen molar-refractivity contribution >= 4 is 50.7 Å². The Balaban J connectivity index is 1.83. The molecule has 0 fully saturated rings. The van der Waals surface area contributed by atoms with Crippen LogP contribution < -0.4 is 9.62 Å². The molecule has 2 amide bonds. The van der Waals surface area contributed by atoms with Crippen molar-refractivity contribution in [3.05, 3.63) is 129 Å². The van der Waals surface area contributed by atoms with E-state index in [-0.39, 0.29) is 45.5 Å². The van der Waals surface area contributed by atoms with Crippen molar-refractivity contribution in [1.82, 2.24) is 10.2 Å². The summed E-state index contributed by atoms with van der Waals surface area (Å²) >= 11 is 12.9. The van der Waals surface area contributed by atoms with Crippen LogP contribution in [0.4, 0.5) is 5.69 Å². The molecule has 0 saturated heterocycles. The summed E-state index contributed by atoms with van der Waals surface area (Å²) in [4.78, 5) is 29.7. The van der Waals surface area contributed by atoms with Crippen molar-refractivity contribution < 1.29 is 18.0 Å². The Morgan fingerprint density at radius 1 is 0.778 bits per heavy atom. The van der Waals surface area contributed by atoms with Crippen LogP contribution in [-0.2, 0) is 32.6 Å². The Bertz CT molecular complexity index is 1730. The number of sulfonamides is 1. The molecule has 0 unspecified atom stereocenters. The number of anilines is 1. The number of hydrogen-bond donors (Lipinski definition) is 1. The predicted molar refractivity (Wildman–Crippen MR) is 181 cm³/mol. The highest BCUT2D eigenvalue weighted by Gasteiger charge is 2.35. The Labute approximate surface area is 275 Å². The number of carbonyl (C=O) groups excluding carboxylic acids is 2. The molecule has 0 aliphatic heterocycles. The van der Waals surface area contributed by atoms with E-state index in [4.69, 9.17) is 23.2 Å². The lowest BCUT2D eigenvalue weighted by atomic mass is 10.0. The van der Waals surface area contributed by atoms with Crippen molar-refractivity contribution in [2.75, 3.05) is 10.8 Å². The van der Waals surface area contributed by atoms with Crippen LogP contribution in [0.1, 0.15) is 36.1 Å². The number of rotatable bonds is 12. The second-order valence-electron chi connectivity index (χ2n) is 11.3. The van der Waals surface area contributed by atoms with Crippen LogP contribution in [0.15, 0.2) is 102 Å². The third-order valence-corrected chi connectivity index (χ3v) is 9.85. The van der Waals surface area contributed by atoms with Gasteiger partial charge < -0.3 is 10.2 Å². The summed E-state index contributed by atoms with van der Waals surface area (Å²) < 4.78 is 29.3. The number of nitrogens with one attached hydrogen (secondary N) is 1. The summed E-state index contributed by atoms with van der Waals surface area (Å²) in [5, 5.41) is 3.08. The van der Waals surface area contributed by atoms with Gasteiger partial charge in [0, 0.05) is 19.0 Å². The average molecular weight is 667 g/mol. The second-order valence-corrected chi connectivity index (χ2v) is 13.9. The van der Waals surface area contributed by atoms with Crippen LogP contribution in [-0.4, -0.2) is 43.8 Å². The van der Waals surface area contributed by atoms with Crippen LogP contribution in [0.2, 0.25) is 10.0 Å². The quantitative estimate of drug-likeness (QED) is 0.177. The molecule has 4 aromatic rings. The van der Waals surface area contributed by atoms with E-state index in [2.05, 4.69) is 5.32 Å². The number of hydrogen-bond acceptors (Lipinski definition) is 4. The number of nitrogens with zero attached hydrogens (tertiary/aromatic N) is 2. The highest BCUT2D eigenvalue weighted by atomic mass is 35.5. The minimum absolute atomic E-state index is 0.00822. The van der Waals surface area contributed by atoms with E-state index in [1.807, 2.05) is 82.3 Å². The van der Waals surface area contributed by atoms with Gasteiger partial charge in [-0.15, -0.1) is 0 Å². The Kier molecular flexibility index (Phi) is 11.3. The molecule has 0 bridgehead atoms. The molecule has 0 aromatic heterocycles. The topological polar surface area (TPSA) is 86.8 Å². The van der Waals surface area contributed by atoms with Crippen molar-refractivity contribution in [3.8, 4) is 0 Å². The maximum absolute atomic E-state index is 14.5. The fourth-order valence-corrected chi connectivity index (χ4v) is 6.73. The number of benzene rings is 4. The van der Waals surface area contributed by atoms with E-state index >= 15 is 0 Å². The zero-order chi connectivity index (χ0) is 32.7. The van der Waals surface area contributed by atoms with Gasteiger partial charge in [-0.3, -0.25) is 13.9 Å². The first kappa shape index (κ1) is 34.0. The second kappa shape index (κ2) is 15.0. The monoisotopic (exact) mass is 665 g/mol. The van der Waals surface area contributed by atoms with Gasteiger partial charge in [0.15, 0.2) is 0 Å². The van der Waals surface area contributed by atoms with Crippen LogP contribution in [0.25, 0.3) is 0 Å². The first-order chi connectivity index (χ1) is 21.4. The molecule has 10 heteroatoms. The van der Waals surface area contributed by atoms with E-state index in [9.17, 15) is 18.0 Å². The maximum atomic E-state index is 14.5. The van der Waals surface area contributed by atoms with Gasteiger partial charge in [0.05, 0.1) is 20.6 Å². The van der Waals surface area contributed by atoms with Crippen LogP contribution in [0, 0.1) is 13.8 Å². The van der Waals surface area contributed by atoms with Gasteiger partial charge in [-0.25, -0.2) is 8.42 Å². The molecular weight excluding hydrogens is 629 g/mol. The summed E-state index contributed by atoms with van der Waals surface area (Å²) in [6, 6.07) is 26.9. The Morgan fingerprint density at radius 2 is 1.38 bits per heavy atom. The molecule has 1 atom stereocenters. The van der Waals surface area contributed by atoms with Gasteiger partial charge in [0.25, 0.3) is 10.0 Å². The lowest BCUT2D eigenvalue weighted by molar-refractivity contribution is -0.140. The summed E-state index contributed by atoms with van der Waals surface area (Å²) in [7, 11) is -4.30. The Hall–Kier alpha value is -3.85. The largest absolute Gasteiger partial charge is 0.352 e. The molecule has 0 aliphatic rings. The van der Waals surface area contributed by atoms with Crippen molar-refractivity contribution in [2.24, 2.45) is 0 Å². The lowest BCUT2D eigenvalue weighted by Gasteiger charge is -2.34. The van der Waals surface area contributed by atoms with E-state index in [0.29, 0.717) is 0 Å². The molecule has 0 spiro atoms. The SMILES string of the molecule is Cc1ccc(CN(C(=O)CN(c2cccc(Cl)c2Cl)S(=O)(=O)c2ccc(C)cc2)[C@H](Cc2ccccc2)C(=O)NC(C)C)cc1. The fourth-order valence-electron chi connectivity index (χ4n) is 4.86. The van der Waals surface area contributed by atoms with E-state index in [0.717, 1.165) is 26.6 Å². The summed E-state index contributed by atoms with van der Waals surface area (Å²) in [5.74, 6) is -0.926. The van der Waals surface area contributed by atoms with E-state index in [1.54, 1.807) is 24.3 Å². The minimum Gasteiger partial charge on any atom is -0.352 e. The highest BCUT2D eigenvalue weighted by Crippen LogP contribution is 2.35. The molecule has 4 rings (SSSR count). The molecule has 0 aliphatic carbocycles. The smallest absolute Gasteiger partial charge is 0.264 e. The van der Waals surface area contributed by atoms with Crippen LogP contribution in [0.3, 0.4) is 0 Å².